The van der Waals surface area contributed by atoms with E-state index in [-0.39, 0.29) is 11.6 Å². The summed E-state index contributed by atoms with van der Waals surface area (Å²) in [4.78, 5) is 14.6. The van der Waals surface area contributed by atoms with Crippen molar-refractivity contribution in [3.05, 3.63) is 29.8 Å². The van der Waals surface area contributed by atoms with Gasteiger partial charge in [0.2, 0.25) is 5.96 Å². The van der Waals surface area contributed by atoms with Crippen LogP contribution in [-0.4, -0.2) is 19.0 Å². The first-order valence-electron chi connectivity index (χ1n) is 4.83. The maximum atomic E-state index is 12.3. The zero-order valence-corrected chi connectivity index (χ0v) is 9.38. The monoisotopic (exact) mass is 260 g/mol. The van der Waals surface area contributed by atoms with Crippen LogP contribution < -0.4 is 16.4 Å². The van der Waals surface area contributed by atoms with Crippen molar-refractivity contribution in [1.29, 1.82) is 0 Å². The van der Waals surface area contributed by atoms with Crippen LogP contribution in [0.3, 0.4) is 0 Å². The number of hydrogen-bond donors (Lipinski definition) is 3. The highest BCUT2D eigenvalue weighted by Crippen LogP contribution is 2.30. The molecule has 1 aromatic rings. The van der Waals surface area contributed by atoms with Crippen molar-refractivity contribution >= 4 is 17.7 Å². The van der Waals surface area contributed by atoms with Crippen molar-refractivity contribution in [1.82, 2.24) is 10.6 Å². The van der Waals surface area contributed by atoms with Crippen molar-refractivity contribution in [2.24, 2.45) is 10.7 Å². The molecule has 8 heteroatoms. The van der Waals surface area contributed by atoms with E-state index in [2.05, 4.69) is 15.6 Å². The van der Waals surface area contributed by atoms with E-state index in [1.54, 1.807) is 0 Å². The molecule has 0 aliphatic rings. The lowest BCUT2D eigenvalue weighted by atomic mass is 10.2. The molecule has 2 amide bonds. The van der Waals surface area contributed by atoms with E-state index < -0.39 is 17.8 Å². The molecule has 4 N–H and O–H groups in total. The molecule has 0 aliphatic carbocycles. The van der Waals surface area contributed by atoms with E-state index in [9.17, 15) is 18.0 Å². The molecule has 0 atom stereocenters. The molecule has 0 aromatic heterocycles. The Balaban J connectivity index is 2.80. The molecule has 0 saturated carbocycles. The van der Waals surface area contributed by atoms with Gasteiger partial charge in [-0.05, 0) is 24.3 Å². The van der Waals surface area contributed by atoms with Crippen LogP contribution in [0, 0.1) is 0 Å². The van der Waals surface area contributed by atoms with E-state index in [0.717, 1.165) is 24.3 Å². The molecule has 0 heterocycles. The van der Waals surface area contributed by atoms with Crippen LogP contribution in [0.15, 0.2) is 29.3 Å². The lowest BCUT2D eigenvalue weighted by Crippen LogP contribution is -2.41. The second-order valence-electron chi connectivity index (χ2n) is 3.25. The van der Waals surface area contributed by atoms with Crippen molar-refractivity contribution in [3.63, 3.8) is 0 Å². The lowest BCUT2D eigenvalue weighted by Gasteiger charge is -2.06. The number of halogens is 3. The van der Waals surface area contributed by atoms with Gasteiger partial charge in [-0.2, -0.15) is 13.2 Å². The number of aliphatic imine (C=N–C) groups is 1. The van der Waals surface area contributed by atoms with E-state index in [4.69, 9.17) is 5.73 Å². The molecule has 0 bridgehead atoms. The Kier molecular flexibility index (Phi) is 4.13. The molecule has 18 heavy (non-hydrogen) atoms. The van der Waals surface area contributed by atoms with Crippen molar-refractivity contribution in [2.75, 3.05) is 7.05 Å². The average Bonchev–Trinajstić information content (AvgIpc) is 2.28. The summed E-state index contributed by atoms with van der Waals surface area (Å²) in [5, 5.41) is 4.43. The first kappa shape index (κ1) is 13.8. The average molecular weight is 260 g/mol. The molecule has 1 aromatic carbocycles. The molecule has 5 nitrogen and oxygen atoms in total. The molecule has 0 unspecified atom stereocenters. The van der Waals surface area contributed by atoms with Crippen LogP contribution in [0.2, 0.25) is 0 Å². The summed E-state index contributed by atoms with van der Waals surface area (Å²) in [5.74, 6) is -0.214. The number of guanidine groups is 1. The SMILES string of the molecule is CNC(=O)NC(N)=Nc1ccc(C(F)(F)F)cc1. The van der Waals surface area contributed by atoms with Gasteiger partial charge in [-0.3, -0.25) is 5.32 Å². The van der Waals surface area contributed by atoms with Crippen LogP contribution in [0.25, 0.3) is 0 Å². The molecule has 0 radical (unpaired) electrons. The number of benzene rings is 1. The van der Waals surface area contributed by atoms with Crippen molar-refractivity contribution in [3.8, 4) is 0 Å². The van der Waals surface area contributed by atoms with Crippen LogP contribution in [-0.2, 0) is 6.18 Å². The van der Waals surface area contributed by atoms with Gasteiger partial charge >= 0.3 is 12.2 Å². The second-order valence-corrected chi connectivity index (χ2v) is 3.25. The van der Waals surface area contributed by atoms with Gasteiger partial charge in [0.05, 0.1) is 11.3 Å². The van der Waals surface area contributed by atoms with Crippen molar-refractivity contribution in [2.45, 2.75) is 6.18 Å². The number of nitrogens with zero attached hydrogens (tertiary/aromatic N) is 1. The molecule has 1 rings (SSSR count). The van der Waals surface area contributed by atoms with Crippen LogP contribution in [0.5, 0.6) is 0 Å². The van der Waals surface area contributed by atoms with E-state index in [1.165, 1.54) is 7.05 Å². The third-order valence-corrected chi connectivity index (χ3v) is 1.91. The fourth-order valence-electron chi connectivity index (χ4n) is 1.07. The summed E-state index contributed by atoms with van der Waals surface area (Å²) in [7, 11) is 1.39. The highest BCUT2D eigenvalue weighted by Gasteiger charge is 2.29. The minimum absolute atomic E-state index is 0.205. The van der Waals surface area contributed by atoms with Gasteiger partial charge in [-0.25, -0.2) is 9.79 Å². The van der Waals surface area contributed by atoms with Crippen LogP contribution >= 0.6 is 0 Å². The molecule has 0 fully saturated rings. The highest BCUT2D eigenvalue weighted by molar-refractivity contribution is 5.96. The van der Waals surface area contributed by atoms with Gasteiger partial charge in [0.25, 0.3) is 0 Å². The standard InChI is InChI=1S/C10H11F3N4O/c1-15-9(18)17-8(14)16-7-4-2-6(3-5-7)10(11,12)13/h2-5H,1H3,(H4,14,15,16,17,18). The smallest absolute Gasteiger partial charge is 0.369 e. The number of carbonyl (C=O) groups excluding carboxylic acids is 1. The summed E-state index contributed by atoms with van der Waals surface area (Å²) < 4.78 is 36.8. The van der Waals surface area contributed by atoms with E-state index in [1.807, 2.05) is 0 Å². The summed E-state index contributed by atoms with van der Waals surface area (Å²) >= 11 is 0. The highest BCUT2D eigenvalue weighted by atomic mass is 19.4. The fraction of sp³-hybridized carbons (Fsp3) is 0.200. The largest absolute Gasteiger partial charge is 0.416 e. The number of nitrogens with one attached hydrogen (secondary N) is 2. The van der Waals surface area contributed by atoms with Gasteiger partial charge in [0.15, 0.2) is 0 Å². The number of alkyl halides is 3. The first-order chi connectivity index (χ1) is 8.32. The third kappa shape index (κ3) is 3.96. The summed E-state index contributed by atoms with van der Waals surface area (Å²) in [5.41, 5.74) is 4.79. The van der Waals surface area contributed by atoms with Gasteiger partial charge < -0.3 is 11.1 Å². The van der Waals surface area contributed by atoms with Crippen LogP contribution in [0.4, 0.5) is 23.7 Å². The number of urea groups is 1. The topological polar surface area (TPSA) is 79.5 Å². The Hall–Kier alpha value is -2.25. The molecule has 0 saturated heterocycles. The fourth-order valence-corrected chi connectivity index (χ4v) is 1.07. The predicted octanol–water partition coefficient (Wildman–Crippen LogP) is 1.58. The number of nitrogens with two attached hydrogens (primary N) is 1. The summed E-state index contributed by atoms with van der Waals surface area (Å²) in [6, 6.07) is 3.50. The Morgan fingerprint density at radius 3 is 2.28 bits per heavy atom. The van der Waals surface area contributed by atoms with E-state index in [0.29, 0.717) is 0 Å². The normalized spacial score (nSPS) is 12.1. The number of hydrogen-bond acceptors (Lipinski definition) is 2. The Bertz CT molecular complexity index is 453. The molecule has 98 valence electrons. The van der Waals surface area contributed by atoms with Gasteiger partial charge in [0, 0.05) is 7.05 Å². The van der Waals surface area contributed by atoms with E-state index >= 15 is 0 Å². The molecule has 0 spiro atoms. The van der Waals surface area contributed by atoms with Crippen LogP contribution in [0.1, 0.15) is 5.56 Å². The first-order valence-corrected chi connectivity index (χ1v) is 4.83. The number of amides is 2. The molecular formula is C10H11F3N4O. The Labute approximate surface area is 101 Å². The minimum atomic E-state index is -4.39. The zero-order chi connectivity index (χ0) is 13.8. The summed E-state index contributed by atoms with van der Waals surface area (Å²) in [6.07, 6.45) is -4.39. The number of rotatable bonds is 1. The Morgan fingerprint density at radius 1 is 1.28 bits per heavy atom. The second kappa shape index (κ2) is 5.39. The minimum Gasteiger partial charge on any atom is -0.369 e. The lowest BCUT2D eigenvalue weighted by molar-refractivity contribution is -0.137. The zero-order valence-electron chi connectivity index (χ0n) is 9.38. The predicted molar refractivity (Wildman–Crippen MR) is 60.3 cm³/mol. The molecule has 0 aliphatic heterocycles. The maximum absolute atomic E-state index is 12.3. The number of carbonyl (C=O) groups is 1. The summed E-state index contributed by atoms with van der Waals surface area (Å²) in [6.45, 7) is 0. The molecular weight excluding hydrogens is 249 g/mol. The third-order valence-electron chi connectivity index (χ3n) is 1.91. The quantitative estimate of drug-likeness (QED) is 0.529. The maximum Gasteiger partial charge on any atom is 0.416 e. The van der Waals surface area contributed by atoms with Crippen molar-refractivity contribution < 1.29 is 18.0 Å². The Morgan fingerprint density at radius 2 is 1.83 bits per heavy atom. The van der Waals surface area contributed by atoms with Gasteiger partial charge in [-0.15, -0.1) is 0 Å². The van der Waals surface area contributed by atoms with Gasteiger partial charge in [-0.1, -0.05) is 0 Å². The van der Waals surface area contributed by atoms with Gasteiger partial charge in [0.1, 0.15) is 0 Å².